The highest BCUT2D eigenvalue weighted by Crippen LogP contribution is 2.22. The molecular formula is C17H17Cl2N3O2. The highest BCUT2D eigenvalue weighted by atomic mass is 35.5. The first-order valence-corrected chi connectivity index (χ1v) is 8.19. The van der Waals surface area contributed by atoms with Crippen LogP contribution in [0.3, 0.4) is 0 Å². The van der Waals surface area contributed by atoms with Crippen LogP contribution < -0.4 is 10.6 Å². The molecule has 0 spiro atoms. The molecule has 0 radical (unpaired) electrons. The van der Waals surface area contributed by atoms with Crippen LogP contribution in [0.1, 0.15) is 41.1 Å². The summed E-state index contributed by atoms with van der Waals surface area (Å²) in [6.45, 7) is 3.87. The Morgan fingerprint density at radius 1 is 1.12 bits per heavy atom. The van der Waals surface area contributed by atoms with Crippen LogP contribution in [-0.4, -0.2) is 22.8 Å². The number of nitrogens with one attached hydrogen (secondary N) is 2. The third-order valence-electron chi connectivity index (χ3n) is 3.37. The van der Waals surface area contributed by atoms with E-state index in [0.717, 1.165) is 6.42 Å². The molecule has 0 aliphatic rings. The summed E-state index contributed by atoms with van der Waals surface area (Å²) in [4.78, 5) is 28.4. The minimum Gasteiger partial charge on any atom is -0.348 e. The van der Waals surface area contributed by atoms with Gasteiger partial charge >= 0.3 is 0 Å². The maximum absolute atomic E-state index is 12.3. The standard InChI is InChI=1S/C17H17Cl2N3O2/c1-3-10(2)21-17(24)15-6-11(4-5-20-15)16(23)22-14-8-12(18)7-13(19)9-14/h4-10H,3H2,1-2H3,(H,21,24)(H,22,23). The van der Waals surface area contributed by atoms with Crippen LogP contribution in [0.15, 0.2) is 36.5 Å². The van der Waals surface area contributed by atoms with Crippen LogP contribution in [0.4, 0.5) is 5.69 Å². The molecule has 0 fully saturated rings. The van der Waals surface area contributed by atoms with E-state index in [1.54, 1.807) is 18.2 Å². The molecule has 0 aliphatic carbocycles. The number of benzene rings is 1. The Bertz CT molecular complexity index is 745. The van der Waals surface area contributed by atoms with E-state index in [1.165, 1.54) is 18.3 Å². The van der Waals surface area contributed by atoms with E-state index in [9.17, 15) is 9.59 Å². The van der Waals surface area contributed by atoms with Crippen LogP contribution in [-0.2, 0) is 0 Å². The summed E-state index contributed by atoms with van der Waals surface area (Å²) in [7, 11) is 0. The lowest BCUT2D eigenvalue weighted by Crippen LogP contribution is -2.32. The third kappa shape index (κ3) is 4.94. The minimum absolute atomic E-state index is 0.0328. The first kappa shape index (κ1) is 18.2. The van der Waals surface area contributed by atoms with E-state index in [2.05, 4.69) is 15.6 Å². The molecule has 1 aromatic heterocycles. The quantitative estimate of drug-likeness (QED) is 0.834. The number of carbonyl (C=O) groups is 2. The number of hydrogen-bond donors (Lipinski definition) is 2. The molecular weight excluding hydrogens is 349 g/mol. The van der Waals surface area contributed by atoms with Crippen LogP contribution >= 0.6 is 23.2 Å². The van der Waals surface area contributed by atoms with Crippen molar-refractivity contribution in [1.29, 1.82) is 0 Å². The Labute approximate surface area is 150 Å². The molecule has 1 atom stereocenters. The van der Waals surface area contributed by atoms with Gasteiger partial charge in [0.1, 0.15) is 5.69 Å². The number of aromatic nitrogens is 1. The van der Waals surface area contributed by atoms with Gasteiger partial charge in [-0.1, -0.05) is 30.1 Å². The summed E-state index contributed by atoms with van der Waals surface area (Å²) >= 11 is 11.8. The van der Waals surface area contributed by atoms with Crippen LogP contribution in [0, 0.1) is 0 Å². The molecule has 0 aliphatic heterocycles. The van der Waals surface area contributed by atoms with Crippen LogP contribution in [0.2, 0.25) is 10.0 Å². The number of halogens is 2. The van der Waals surface area contributed by atoms with Crippen molar-refractivity contribution in [2.24, 2.45) is 0 Å². The van der Waals surface area contributed by atoms with Crippen LogP contribution in [0.5, 0.6) is 0 Å². The van der Waals surface area contributed by atoms with Gasteiger partial charge in [-0.25, -0.2) is 0 Å². The highest BCUT2D eigenvalue weighted by Gasteiger charge is 2.14. The van der Waals surface area contributed by atoms with E-state index in [0.29, 0.717) is 21.3 Å². The Hall–Kier alpha value is -2.11. The summed E-state index contributed by atoms with van der Waals surface area (Å²) in [5, 5.41) is 6.33. The summed E-state index contributed by atoms with van der Waals surface area (Å²) in [6, 6.07) is 7.75. The predicted molar refractivity (Wildman–Crippen MR) is 95.9 cm³/mol. The fourth-order valence-corrected chi connectivity index (χ4v) is 2.45. The van der Waals surface area contributed by atoms with Gasteiger partial charge < -0.3 is 10.6 Å². The first-order valence-electron chi connectivity index (χ1n) is 7.43. The molecule has 1 aromatic carbocycles. The monoisotopic (exact) mass is 365 g/mol. The molecule has 24 heavy (non-hydrogen) atoms. The number of nitrogens with zero attached hydrogens (tertiary/aromatic N) is 1. The topological polar surface area (TPSA) is 71.1 Å². The molecule has 1 heterocycles. The zero-order valence-electron chi connectivity index (χ0n) is 13.3. The smallest absolute Gasteiger partial charge is 0.270 e. The largest absolute Gasteiger partial charge is 0.348 e. The summed E-state index contributed by atoms with van der Waals surface area (Å²) in [6.07, 6.45) is 2.23. The van der Waals surface area contributed by atoms with Gasteiger partial charge in [0.15, 0.2) is 0 Å². The predicted octanol–water partition coefficient (Wildman–Crippen LogP) is 4.17. The SMILES string of the molecule is CCC(C)NC(=O)c1cc(C(=O)Nc2cc(Cl)cc(Cl)c2)ccn1. The van der Waals surface area contributed by atoms with Gasteiger partial charge in [0, 0.05) is 33.5 Å². The van der Waals surface area contributed by atoms with Crippen molar-refractivity contribution in [1.82, 2.24) is 10.3 Å². The summed E-state index contributed by atoms with van der Waals surface area (Å²) < 4.78 is 0. The molecule has 2 aromatic rings. The molecule has 0 saturated carbocycles. The van der Waals surface area contributed by atoms with Gasteiger partial charge in [-0.3, -0.25) is 14.6 Å². The van der Waals surface area contributed by atoms with Gasteiger partial charge in [0.25, 0.3) is 11.8 Å². The van der Waals surface area contributed by atoms with E-state index in [-0.39, 0.29) is 23.6 Å². The van der Waals surface area contributed by atoms with Crippen molar-refractivity contribution < 1.29 is 9.59 Å². The Morgan fingerprint density at radius 2 is 1.79 bits per heavy atom. The Kier molecular flexibility index (Phi) is 6.17. The maximum atomic E-state index is 12.3. The van der Waals surface area contributed by atoms with Gasteiger partial charge in [-0.2, -0.15) is 0 Å². The van der Waals surface area contributed by atoms with Gasteiger partial charge in [0.05, 0.1) is 0 Å². The number of pyridine rings is 1. The number of amides is 2. The zero-order valence-corrected chi connectivity index (χ0v) is 14.8. The molecule has 126 valence electrons. The Morgan fingerprint density at radius 3 is 2.42 bits per heavy atom. The molecule has 7 heteroatoms. The second-order valence-corrected chi connectivity index (χ2v) is 6.20. The van der Waals surface area contributed by atoms with Crippen molar-refractivity contribution in [2.75, 3.05) is 5.32 Å². The summed E-state index contributed by atoms with van der Waals surface area (Å²) in [5.74, 6) is -0.696. The molecule has 5 nitrogen and oxygen atoms in total. The van der Waals surface area contributed by atoms with E-state index in [4.69, 9.17) is 23.2 Å². The molecule has 0 saturated heterocycles. The lowest BCUT2D eigenvalue weighted by molar-refractivity contribution is 0.0934. The van der Waals surface area contributed by atoms with Crippen molar-refractivity contribution in [3.05, 3.63) is 57.8 Å². The van der Waals surface area contributed by atoms with Crippen molar-refractivity contribution in [2.45, 2.75) is 26.3 Å². The molecule has 2 N–H and O–H groups in total. The van der Waals surface area contributed by atoms with E-state index < -0.39 is 0 Å². The minimum atomic E-state index is -0.381. The second-order valence-electron chi connectivity index (χ2n) is 5.32. The molecule has 0 bridgehead atoms. The summed E-state index contributed by atoms with van der Waals surface area (Å²) in [5.41, 5.74) is 0.974. The number of rotatable bonds is 5. The molecule has 2 rings (SSSR count). The fraction of sp³-hybridized carbons (Fsp3) is 0.235. The number of hydrogen-bond acceptors (Lipinski definition) is 3. The lowest BCUT2D eigenvalue weighted by atomic mass is 10.2. The van der Waals surface area contributed by atoms with E-state index in [1.807, 2.05) is 13.8 Å². The molecule has 1 unspecified atom stereocenters. The van der Waals surface area contributed by atoms with Crippen molar-refractivity contribution in [3.8, 4) is 0 Å². The average molecular weight is 366 g/mol. The van der Waals surface area contributed by atoms with Crippen molar-refractivity contribution >= 4 is 40.7 Å². The van der Waals surface area contributed by atoms with Gasteiger partial charge in [-0.05, 0) is 43.7 Å². The Balaban J connectivity index is 2.15. The third-order valence-corrected chi connectivity index (χ3v) is 3.80. The van der Waals surface area contributed by atoms with Gasteiger partial charge in [-0.15, -0.1) is 0 Å². The van der Waals surface area contributed by atoms with E-state index >= 15 is 0 Å². The zero-order chi connectivity index (χ0) is 17.7. The maximum Gasteiger partial charge on any atom is 0.270 e. The van der Waals surface area contributed by atoms with Crippen molar-refractivity contribution in [3.63, 3.8) is 0 Å². The fourth-order valence-electron chi connectivity index (χ4n) is 1.93. The molecule has 2 amide bonds. The normalized spacial score (nSPS) is 11.7. The average Bonchev–Trinajstić information content (AvgIpc) is 2.53. The van der Waals surface area contributed by atoms with Gasteiger partial charge in [0.2, 0.25) is 0 Å². The lowest BCUT2D eigenvalue weighted by Gasteiger charge is -2.11. The highest BCUT2D eigenvalue weighted by molar-refractivity contribution is 6.35. The number of carbonyl (C=O) groups excluding carboxylic acids is 2. The van der Waals surface area contributed by atoms with Crippen LogP contribution in [0.25, 0.3) is 0 Å². The second kappa shape index (κ2) is 8.13. The number of anilines is 1. The first-order chi connectivity index (χ1) is 11.4.